The monoisotopic (exact) mass is 444 g/mol. The molecular formula is C18H22F2N4O5S. The van der Waals surface area contributed by atoms with E-state index in [4.69, 9.17) is 14.2 Å². The van der Waals surface area contributed by atoms with Gasteiger partial charge < -0.3 is 14.2 Å². The van der Waals surface area contributed by atoms with Crippen molar-refractivity contribution in [3.63, 3.8) is 0 Å². The minimum Gasteiger partial charge on any atom is -0.481 e. The molecule has 1 aliphatic rings. The SMILES string of the molecule is COc1cc(OC)nc(C(c2ccccc2NS(=O)(=O)C(F)F)N2CCOCC2)n1. The molecule has 1 unspecified atom stereocenters. The summed E-state index contributed by atoms with van der Waals surface area (Å²) in [7, 11) is -1.97. The molecule has 1 aromatic carbocycles. The van der Waals surface area contributed by atoms with Crippen LogP contribution in [0.4, 0.5) is 14.5 Å². The molecule has 1 aromatic heterocycles. The number of aromatic nitrogens is 2. The molecule has 3 rings (SSSR count). The number of anilines is 1. The molecule has 0 radical (unpaired) electrons. The van der Waals surface area contributed by atoms with Gasteiger partial charge in [0.1, 0.15) is 0 Å². The van der Waals surface area contributed by atoms with Gasteiger partial charge in [-0.15, -0.1) is 0 Å². The lowest BCUT2D eigenvalue weighted by Gasteiger charge is -2.34. The molecule has 1 atom stereocenters. The van der Waals surface area contributed by atoms with Crippen molar-refractivity contribution in [1.29, 1.82) is 0 Å². The van der Waals surface area contributed by atoms with Gasteiger partial charge in [0.25, 0.3) is 10.0 Å². The third-order valence-corrected chi connectivity index (χ3v) is 5.49. The van der Waals surface area contributed by atoms with Gasteiger partial charge in [-0.05, 0) is 6.07 Å². The summed E-state index contributed by atoms with van der Waals surface area (Å²) in [4.78, 5) is 10.8. The fourth-order valence-corrected chi connectivity index (χ4v) is 3.69. The minimum absolute atomic E-state index is 0.0136. The molecule has 1 aliphatic heterocycles. The molecule has 2 aromatic rings. The van der Waals surface area contributed by atoms with E-state index in [1.165, 1.54) is 26.4 Å². The largest absolute Gasteiger partial charge is 0.481 e. The molecule has 12 heteroatoms. The number of morpholine rings is 1. The van der Waals surface area contributed by atoms with Gasteiger partial charge in [-0.25, -0.2) is 8.42 Å². The predicted molar refractivity (Wildman–Crippen MR) is 104 cm³/mol. The number of benzene rings is 1. The molecule has 1 saturated heterocycles. The second-order valence-corrected chi connectivity index (χ2v) is 8.01. The predicted octanol–water partition coefficient (Wildman–Crippen LogP) is 1.88. The van der Waals surface area contributed by atoms with Crippen LogP contribution in [0.5, 0.6) is 11.8 Å². The number of halogens is 2. The quantitative estimate of drug-likeness (QED) is 0.659. The lowest BCUT2D eigenvalue weighted by molar-refractivity contribution is 0.0224. The van der Waals surface area contributed by atoms with E-state index < -0.39 is 21.8 Å². The summed E-state index contributed by atoms with van der Waals surface area (Å²) in [6.45, 7) is 1.90. The van der Waals surface area contributed by atoms with Crippen molar-refractivity contribution in [3.05, 3.63) is 41.7 Å². The first kappa shape index (κ1) is 22.1. The maximum atomic E-state index is 13.0. The van der Waals surface area contributed by atoms with Crippen LogP contribution in [0, 0.1) is 0 Å². The molecule has 164 valence electrons. The molecule has 1 fully saturated rings. The number of para-hydroxylation sites is 1. The first-order valence-electron chi connectivity index (χ1n) is 9.03. The summed E-state index contributed by atoms with van der Waals surface area (Å²) in [5.74, 6) is -2.79. The third kappa shape index (κ3) is 4.94. The number of nitrogens with zero attached hydrogens (tertiary/aromatic N) is 3. The molecule has 0 spiro atoms. The van der Waals surface area contributed by atoms with E-state index in [1.54, 1.807) is 18.2 Å². The standard InChI is InChI=1S/C18H22F2N4O5S/c1-27-14-11-15(28-2)22-17(21-14)16(24-7-9-29-10-8-24)12-5-3-4-6-13(12)23-30(25,26)18(19)20/h3-6,11,16,18,23H,7-10H2,1-2H3. The van der Waals surface area contributed by atoms with E-state index in [0.717, 1.165) is 0 Å². The summed E-state index contributed by atoms with van der Waals surface area (Å²) < 4.78 is 67.4. The molecule has 0 bridgehead atoms. The summed E-state index contributed by atoms with van der Waals surface area (Å²) in [5, 5.41) is 0. The number of sulfonamides is 1. The fourth-order valence-electron chi connectivity index (χ4n) is 3.11. The van der Waals surface area contributed by atoms with E-state index in [1.807, 2.05) is 9.62 Å². The van der Waals surface area contributed by atoms with Crippen molar-refractivity contribution in [2.75, 3.05) is 45.2 Å². The lowest BCUT2D eigenvalue weighted by Crippen LogP contribution is -2.40. The Hall–Kier alpha value is -2.57. The van der Waals surface area contributed by atoms with Crippen LogP contribution in [-0.4, -0.2) is 69.6 Å². The van der Waals surface area contributed by atoms with Crippen LogP contribution in [-0.2, 0) is 14.8 Å². The normalized spacial score (nSPS) is 16.3. The molecular weight excluding hydrogens is 422 g/mol. The van der Waals surface area contributed by atoms with Crippen LogP contribution in [0.1, 0.15) is 17.4 Å². The Morgan fingerprint density at radius 3 is 2.27 bits per heavy atom. The van der Waals surface area contributed by atoms with Crippen LogP contribution in [0.3, 0.4) is 0 Å². The van der Waals surface area contributed by atoms with Crippen molar-refractivity contribution < 1.29 is 31.4 Å². The van der Waals surface area contributed by atoms with E-state index in [9.17, 15) is 17.2 Å². The van der Waals surface area contributed by atoms with Crippen molar-refractivity contribution in [1.82, 2.24) is 14.9 Å². The highest BCUT2D eigenvalue weighted by Crippen LogP contribution is 2.34. The van der Waals surface area contributed by atoms with E-state index in [-0.39, 0.29) is 23.3 Å². The number of nitrogens with one attached hydrogen (secondary N) is 1. The highest BCUT2D eigenvalue weighted by molar-refractivity contribution is 7.93. The summed E-state index contributed by atoms with van der Waals surface area (Å²) >= 11 is 0. The zero-order valence-corrected chi connectivity index (χ0v) is 17.2. The second-order valence-electron chi connectivity index (χ2n) is 6.36. The number of hydrogen-bond acceptors (Lipinski definition) is 8. The van der Waals surface area contributed by atoms with Gasteiger partial charge in [0, 0.05) is 18.7 Å². The highest BCUT2D eigenvalue weighted by atomic mass is 32.2. The van der Waals surface area contributed by atoms with Gasteiger partial charge in [0.15, 0.2) is 5.82 Å². The zero-order chi connectivity index (χ0) is 21.7. The van der Waals surface area contributed by atoms with E-state index >= 15 is 0 Å². The van der Waals surface area contributed by atoms with Crippen LogP contribution in [0.25, 0.3) is 0 Å². The molecule has 1 N–H and O–H groups in total. The Morgan fingerprint density at radius 1 is 1.10 bits per heavy atom. The Labute approximate surface area is 173 Å². The lowest BCUT2D eigenvalue weighted by atomic mass is 10.0. The molecule has 2 heterocycles. The highest BCUT2D eigenvalue weighted by Gasteiger charge is 2.32. The average Bonchev–Trinajstić information content (AvgIpc) is 2.75. The minimum atomic E-state index is -4.86. The zero-order valence-electron chi connectivity index (χ0n) is 16.4. The molecule has 0 amide bonds. The number of alkyl halides is 2. The van der Waals surface area contributed by atoms with Crippen LogP contribution < -0.4 is 14.2 Å². The van der Waals surface area contributed by atoms with Crippen LogP contribution in [0.15, 0.2) is 30.3 Å². The average molecular weight is 444 g/mol. The van der Waals surface area contributed by atoms with Crippen molar-refractivity contribution >= 4 is 15.7 Å². The summed E-state index contributed by atoms with van der Waals surface area (Å²) in [5.41, 5.74) is 0.429. The fraction of sp³-hybridized carbons (Fsp3) is 0.444. The van der Waals surface area contributed by atoms with E-state index in [0.29, 0.717) is 31.9 Å². The maximum absolute atomic E-state index is 13.0. The van der Waals surface area contributed by atoms with Crippen molar-refractivity contribution in [3.8, 4) is 11.8 Å². The maximum Gasteiger partial charge on any atom is 0.355 e. The number of hydrogen-bond donors (Lipinski definition) is 1. The summed E-state index contributed by atoms with van der Waals surface area (Å²) in [6, 6.07) is 7.13. The van der Waals surface area contributed by atoms with Gasteiger partial charge in [0.05, 0.1) is 45.2 Å². The van der Waals surface area contributed by atoms with Gasteiger partial charge in [-0.1, -0.05) is 18.2 Å². The third-order valence-electron chi connectivity index (χ3n) is 4.51. The Balaban J connectivity index is 2.13. The van der Waals surface area contributed by atoms with Crippen LogP contribution >= 0.6 is 0 Å². The Kier molecular flexibility index (Phi) is 7.00. The van der Waals surface area contributed by atoms with E-state index in [2.05, 4.69) is 9.97 Å². The molecule has 0 saturated carbocycles. The van der Waals surface area contributed by atoms with Crippen LogP contribution in [0.2, 0.25) is 0 Å². The number of rotatable bonds is 8. The van der Waals surface area contributed by atoms with Gasteiger partial charge >= 0.3 is 5.76 Å². The Bertz CT molecular complexity index is 949. The van der Waals surface area contributed by atoms with Gasteiger partial charge in [-0.3, -0.25) is 9.62 Å². The van der Waals surface area contributed by atoms with Gasteiger partial charge in [0.2, 0.25) is 11.8 Å². The summed E-state index contributed by atoms with van der Waals surface area (Å²) in [6.07, 6.45) is 0. The number of methoxy groups -OCH3 is 2. The number of ether oxygens (including phenoxy) is 3. The topological polar surface area (TPSA) is 103 Å². The first-order valence-corrected chi connectivity index (χ1v) is 10.6. The molecule has 0 aliphatic carbocycles. The van der Waals surface area contributed by atoms with Crippen molar-refractivity contribution in [2.45, 2.75) is 11.8 Å². The van der Waals surface area contributed by atoms with Gasteiger partial charge in [-0.2, -0.15) is 18.7 Å². The van der Waals surface area contributed by atoms with Crippen molar-refractivity contribution in [2.24, 2.45) is 0 Å². The Morgan fingerprint density at radius 2 is 1.70 bits per heavy atom. The first-order chi connectivity index (χ1) is 14.4. The second kappa shape index (κ2) is 9.49. The molecule has 30 heavy (non-hydrogen) atoms. The molecule has 9 nitrogen and oxygen atoms in total. The smallest absolute Gasteiger partial charge is 0.355 e.